The Morgan fingerprint density at radius 2 is 2.19 bits per heavy atom. The van der Waals surface area contributed by atoms with Gasteiger partial charge >= 0.3 is 0 Å². The molecular weight excluding hydrogens is 222 g/mol. The van der Waals surface area contributed by atoms with Crippen molar-refractivity contribution >= 4 is 22.5 Å². The summed E-state index contributed by atoms with van der Waals surface area (Å²) >= 11 is 0. The van der Waals surface area contributed by atoms with E-state index in [0.29, 0.717) is 5.56 Å². The Morgan fingerprint density at radius 3 is 2.69 bits per heavy atom. The van der Waals surface area contributed by atoms with E-state index in [2.05, 4.69) is 11.6 Å². The molecule has 0 aliphatic carbocycles. The molecule has 0 amide bonds. The minimum Gasteiger partial charge on any atom is -0.256 e. The highest BCUT2D eigenvalue weighted by Gasteiger charge is 2.04. The van der Waals surface area contributed by atoms with Crippen LogP contribution in [-0.2, 0) is 15.6 Å². The largest absolute Gasteiger partial charge is 0.256 e. The molecule has 86 valence electrons. The molecule has 0 saturated heterocycles. The summed E-state index contributed by atoms with van der Waals surface area (Å²) in [7, 11) is -3.02. The summed E-state index contributed by atoms with van der Waals surface area (Å²) < 4.78 is 22.2. The van der Waals surface area contributed by atoms with Gasteiger partial charge in [0.15, 0.2) is 9.84 Å². The van der Waals surface area contributed by atoms with Crippen molar-refractivity contribution < 1.29 is 8.42 Å². The lowest BCUT2D eigenvalue weighted by Gasteiger charge is -1.98. The molecule has 0 aliphatic rings. The topological polar surface area (TPSA) is 47.0 Å². The number of hydrogen-bond donors (Lipinski definition) is 0. The molecule has 0 atom stereocenters. The SMILES string of the molecule is C=c1cc(CS(C)(=O)=O)cn/c1=C/C=C\C. The highest BCUT2D eigenvalue weighted by molar-refractivity contribution is 7.89. The van der Waals surface area contributed by atoms with Crippen molar-refractivity contribution in [1.82, 2.24) is 4.98 Å². The third-order valence-electron chi connectivity index (χ3n) is 1.93. The van der Waals surface area contributed by atoms with Crippen molar-refractivity contribution in [1.29, 1.82) is 0 Å². The highest BCUT2D eigenvalue weighted by atomic mass is 32.2. The predicted molar refractivity (Wildman–Crippen MR) is 66.8 cm³/mol. The van der Waals surface area contributed by atoms with E-state index >= 15 is 0 Å². The third kappa shape index (κ3) is 3.98. The lowest BCUT2D eigenvalue weighted by Crippen LogP contribution is -2.27. The van der Waals surface area contributed by atoms with Crippen molar-refractivity contribution in [2.45, 2.75) is 12.7 Å². The second-order valence-corrected chi connectivity index (χ2v) is 5.79. The quantitative estimate of drug-likeness (QED) is 0.764. The maximum Gasteiger partial charge on any atom is 0.151 e. The molecule has 0 aromatic carbocycles. The molecule has 1 aromatic rings. The average molecular weight is 237 g/mol. The van der Waals surface area contributed by atoms with Crippen LogP contribution in [0.15, 0.2) is 24.4 Å². The number of rotatable bonds is 3. The van der Waals surface area contributed by atoms with Gasteiger partial charge < -0.3 is 0 Å². The van der Waals surface area contributed by atoms with Crippen LogP contribution in [0.5, 0.6) is 0 Å². The minimum absolute atomic E-state index is 0.00637. The zero-order chi connectivity index (χ0) is 12.2. The average Bonchev–Trinajstić information content (AvgIpc) is 2.14. The number of aromatic nitrogens is 1. The van der Waals surface area contributed by atoms with Gasteiger partial charge in [0.1, 0.15) is 0 Å². The summed E-state index contributed by atoms with van der Waals surface area (Å²) in [5.41, 5.74) is 0.671. The van der Waals surface area contributed by atoms with Gasteiger partial charge in [0.05, 0.1) is 11.1 Å². The summed E-state index contributed by atoms with van der Waals surface area (Å²) in [6.45, 7) is 5.76. The molecule has 0 fully saturated rings. The van der Waals surface area contributed by atoms with Gasteiger partial charge in [0.2, 0.25) is 0 Å². The first-order valence-electron chi connectivity index (χ1n) is 4.87. The first-order valence-corrected chi connectivity index (χ1v) is 6.93. The maximum atomic E-state index is 11.1. The summed E-state index contributed by atoms with van der Waals surface area (Å²) in [5, 5.41) is 1.50. The van der Waals surface area contributed by atoms with Crippen LogP contribution in [0.4, 0.5) is 0 Å². The zero-order valence-electron chi connectivity index (χ0n) is 9.47. The summed E-state index contributed by atoms with van der Waals surface area (Å²) in [6.07, 6.45) is 8.38. The Morgan fingerprint density at radius 1 is 1.50 bits per heavy atom. The second kappa shape index (κ2) is 5.07. The normalized spacial score (nSPS) is 13.5. The van der Waals surface area contributed by atoms with Crippen LogP contribution in [0.3, 0.4) is 0 Å². The van der Waals surface area contributed by atoms with Crippen LogP contribution in [0.2, 0.25) is 0 Å². The smallest absolute Gasteiger partial charge is 0.151 e. The fraction of sp³-hybridized carbons (Fsp3) is 0.250. The summed E-state index contributed by atoms with van der Waals surface area (Å²) in [5.74, 6) is 0.00637. The lowest BCUT2D eigenvalue weighted by molar-refractivity contribution is 0.601. The van der Waals surface area contributed by atoms with E-state index in [1.807, 2.05) is 25.2 Å². The monoisotopic (exact) mass is 237 g/mol. The van der Waals surface area contributed by atoms with E-state index in [-0.39, 0.29) is 5.75 Å². The van der Waals surface area contributed by atoms with E-state index in [9.17, 15) is 8.42 Å². The van der Waals surface area contributed by atoms with Crippen LogP contribution in [0.1, 0.15) is 12.5 Å². The Balaban J connectivity index is 3.15. The molecule has 0 spiro atoms. The Labute approximate surface area is 95.8 Å². The van der Waals surface area contributed by atoms with Gasteiger partial charge in [-0.15, -0.1) is 0 Å². The molecule has 1 rings (SSSR count). The first-order chi connectivity index (χ1) is 7.42. The number of hydrogen-bond acceptors (Lipinski definition) is 3. The molecule has 16 heavy (non-hydrogen) atoms. The summed E-state index contributed by atoms with van der Waals surface area (Å²) in [6, 6.07) is 1.75. The van der Waals surface area contributed by atoms with Crippen LogP contribution < -0.4 is 10.6 Å². The third-order valence-corrected chi connectivity index (χ3v) is 2.79. The van der Waals surface area contributed by atoms with Crippen LogP contribution in [-0.4, -0.2) is 19.7 Å². The number of allylic oxidation sites excluding steroid dienone is 2. The molecular formula is C12H15NO2S. The molecule has 0 bridgehead atoms. The van der Waals surface area contributed by atoms with Gasteiger partial charge in [-0.1, -0.05) is 18.7 Å². The fourth-order valence-electron chi connectivity index (χ4n) is 1.29. The Hall–Kier alpha value is -1.42. The zero-order valence-corrected chi connectivity index (χ0v) is 10.3. The van der Waals surface area contributed by atoms with Crippen LogP contribution >= 0.6 is 0 Å². The van der Waals surface area contributed by atoms with Crippen LogP contribution in [0.25, 0.3) is 12.7 Å². The predicted octanol–water partition coefficient (Wildman–Crippen LogP) is 0.393. The molecule has 0 saturated carbocycles. The molecule has 0 aliphatic heterocycles. The van der Waals surface area contributed by atoms with Gasteiger partial charge in [-0.05, 0) is 29.8 Å². The van der Waals surface area contributed by atoms with E-state index in [0.717, 1.165) is 10.6 Å². The highest BCUT2D eigenvalue weighted by Crippen LogP contribution is 1.98. The van der Waals surface area contributed by atoms with E-state index < -0.39 is 9.84 Å². The van der Waals surface area contributed by atoms with E-state index in [4.69, 9.17) is 0 Å². The second-order valence-electron chi connectivity index (χ2n) is 3.65. The van der Waals surface area contributed by atoms with Crippen molar-refractivity contribution in [3.63, 3.8) is 0 Å². The van der Waals surface area contributed by atoms with Gasteiger partial charge in [0.25, 0.3) is 0 Å². The van der Waals surface area contributed by atoms with Crippen molar-refractivity contribution in [2.24, 2.45) is 0 Å². The van der Waals surface area contributed by atoms with Gasteiger partial charge in [0, 0.05) is 12.5 Å². The molecule has 1 heterocycles. The standard InChI is InChI=1S/C12H15NO2S/c1-4-5-6-12-10(2)7-11(8-13-12)9-16(3,14)15/h4-8H,2,9H2,1,3H3/b5-4-,12-6+. The van der Waals surface area contributed by atoms with Gasteiger partial charge in [-0.3, -0.25) is 4.98 Å². The van der Waals surface area contributed by atoms with E-state index in [1.54, 1.807) is 12.3 Å². The molecule has 0 radical (unpaired) electrons. The van der Waals surface area contributed by atoms with Crippen molar-refractivity contribution in [3.8, 4) is 0 Å². The lowest BCUT2D eigenvalue weighted by atomic mass is 10.2. The van der Waals surface area contributed by atoms with Crippen molar-refractivity contribution in [3.05, 3.63) is 40.5 Å². The molecule has 3 nitrogen and oxygen atoms in total. The van der Waals surface area contributed by atoms with E-state index in [1.165, 1.54) is 6.26 Å². The van der Waals surface area contributed by atoms with Crippen LogP contribution in [0, 0.1) is 0 Å². The number of pyridine rings is 1. The van der Waals surface area contributed by atoms with Gasteiger partial charge in [-0.2, -0.15) is 0 Å². The Bertz CT molecular complexity index is 600. The molecule has 0 unspecified atom stereocenters. The first kappa shape index (κ1) is 12.6. The van der Waals surface area contributed by atoms with Crippen molar-refractivity contribution in [2.75, 3.05) is 6.26 Å². The maximum absolute atomic E-state index is 11.1. The number of sulfone groups is 1. The fourth-order valence-corrected chi connectivity index (χ4v) is 2.05. The number of nitrogens with zero attached hydrogens (tertiary/aromatic N) is 1. The van der Waals surface area contributed by atoms with Gasteiger partial charge in [-0.25, -0.2) is 8.42 Å². The molecule has 1 aromatic heterocycles. The summed E-state index contributed by atoms with van der Waals surface area (Å²) in [4.78, 5) is 4.17. The molecule has 4 heteroatoms. The molecule has 0 N–H and O–H groups in total. The Kier molecular flexibility index (Phi) is 4.01. The minimum atomic E-state index is -3.02.